The molecule has 2 heterocycles. The summed E-state index contributed by atoms with van der Waals surface area (Å²) in [5, 5.41) is -0.423. The molecule has 2 aliphatic rings. The van der Waals surface area contributed by atoms with Gasteiger partial charge in [0.05, 0.1) is 10.5 Å². The molecule has 0 N–H and O–H groups in total. The Morgan fingerprint density at radius 1 is 0.704 bits per heavy atom. The van der Waals surface area contributed by atoms with Gasteiger partial charge in [-0.3, -0.25) is 4.79 Å². The van der Waals surface area contributed by atoms with Gasteiger partial charge in [-0.25, -0.2) is 8.42 Å². The molecule has 0 amide bonds. The van der Waals surface area contributed by atoms with Crippen LogP contribution in [0.2, 0.25) is 0 Å². The molecule has 158 valence electrons. The van der Waals surface area contributed by atoms with Crippen molar-refractivity contribution in [2.75, 3.05) is 0 Å². The van der Waals surface area contributed by atoms with Crippen molar-refractivity contribution in [3.8, 4) is 0 Å². The van der Waals surface area contributed by atoms with Crippen LogP contribution in [0.3, 0.4) is 0 Å². The molecule has 0 spiro atoms. The van der Waals surface area contributed by atoms with Gasteiger partial charge < -0.3 is 0 Å². The fourth-order valence-corrected chi connectivity index (χ4v) is 7.47. The monoisotopic (exact) mass is 398 g/mol. The Hall–Kier alpha value is -0.380. The Morgan fingerprint density at radius 2 is 1.11 bits per heavy atom. The van der Waals surface area contributed by atoms with Crippen LogP contribution in [0.5, 0.6) is 0 Å². The van der Waals surface area contributed by atoms with E-state index in [-0.39, 0.29) is 16.4 Å². The van der Waals surface area contributed by atoms with E-state index in [0.29, 0.717) is 25.0 Å². The molecule has 0 radical (unpaired) electrons. The van der Waals surface area contributed by atoms with E-state index in [4.69, 9.17) is 0 Å². The van der Waals surface area contributed by atoms with Crippen LogP contribution in [0.15, 0.2) is 0 Å². The third-order valence-corrected chi connectivity index (χ3v) is 9.53. The predicted octanol–water partition coefficient (Wildman–Crippen LogP) is 6.39. The molecule has 0 saturated carbocycles. The maximum Gasteiger partial charge on any atom is 0.156 e. The van der Waals surface area contributed by atoms with E-state index in [1.54, 1.807) is 0 Å². The molecule has 27 heavy (non-hydrogen) atoms. The number of unbranched alkanes of at least 4 members (excludes halogenated alkanes) is 12. The first-order chi connectivity index (χ1) is 13.1. The Balaban J connectivity index is 1.41. The van der Waals surface area contributed by atoms with E-state index >= 15 is 0 Å². The van der Waals surface area contributed by atoms with Crippen LogP contribution in [0, 0.1) is 5.92 Å². The van der Waals surface area contributed by atoms with Crippen molar-refractivity contribution in [2.24, 2.45) is 5.92 Å². The van der Waals surface area contributed by atoms with Gasteiger partial charge in [0.15, 0.2) is 9.84 Å². The van der Waals surface area contributed by atoms with E-state index in [2.05, 4.69) is 6.92 Å². The lowest BCUT2D eigenvalue weighted by Gasteiger charge is -2.26. The summed E-state index contributed by atoms with van der Waals surface area (Å²) in [6.07, 6.45) is 20.6. The topological polar surface area (TPSA) is 51.2 Å². The summed E-state index contributed by atoms with van der Waals surface area (Å²) in [4.78, 5) is 12.4. The number of ketones is 1. The number of carbonyl (C=O) groups excluding carboxylic acids is 1. The number of rotatable bonds is 15. The minimum Gasteiger partial charge on any atom is -0.299 e. The lowest BCUT2D eigenvalue weighted by Crippen LogP contribution is -2.36. The van der Waals surface area contributed by atoms with Crippen molar-refractivity contribution in [1.29, 1.82) is 0 Å². The van der Waals surface area contributed by atoms with Crippen molar-refractivity contribution in [1.82, 2.24) is 0 Å². The minimum atomic E-state index is -2.90. The van der Waals surface area contributed by atoms with Gasteiger partial charge in [-0.2, -0.15) is 0 Å². The van der Waals surface area contributed by atoms with Gasteiger partial charge in [-0.05, 0) is 32.1 Å². The van der Waals surface area contributed by atoms with E-state index in [0.717, 1.165) is 25.7 Å². The molecular weight excluding hydrogens is 356 g/mol. The van der Waals surface area contributed by atoms with E-state index < -0.39 is 9.84 Å². The Labute approximate surface area is 168 Å². The van der Waals surface area contributed by atoms with Gasteiger partial charge in [0, 0.05) is 12.3 Å². The highest BCUT2D eigenvalue weighted by atomic mass is 32.2. The predicted molar refractivity (Wildman–Crippen MR) is 114 cm³/mol. The highest BCUT2D eigenvalue weighted by molar-refractivity contribution is 7.93. The van der Waals surface area contributed by atoms with Gasteiger partial charge in [0.25, 0.3) is 0 Å². The van der Waals surface area contributed by atoms with Crippen molar-refractivity contribution in [3.05, 3.63) is 0 Å². The summed E-state index contributed by atoms with van der Waals surface area (Å²) < 4.78 is 24.2. The number of hydrogen-bond donors (Lipinski definition) is 0. The molecule has 0 aromatic heterocycles. The molecular formula is C23H42O3S. The molecule has 3 nitrogen and oxygen atoms in total. The molecule has 4 heteroatoms. The summed E-state index contributed by atoms with van der Waals surface area (Å²) >= 11 is 0. The van der Waals surface area contributed by atoms with Gasteiger partial charge in [-0.15, -0.1) is 0 Å². The molecule has 2 saturated heterocycles. The van der Waals surface area contributed by atoms with Crippen molar-refractivity contribution >= 4 is 15.6 Å². The second-order valence-corrected chi connectivity index (χ2v) is 11.5. The molecule has 2 rings (SSSR count). The first-order valence-corrected chi connectivity index (χ1v) is 13.4. The second-order valence-electron chi connectivity index (χ2n) is 9.04. The van der Waals surface area contributed by atoms with Crippen LogP contribution in [0.4, 0.5) is 0 Å². The standard InChI is InChI=1S/C23H42O3S/c1-2-3-4-5-6-7-8-9-10-11-12-13-14-15-23(24)20-18-21-16-17-22(19-20)27(21,25)26/h20-22H,2-19H2,1H3. The number of hydrogen-bond acceptors (Lipinski definition) is 3. The average Bonchev–Trinajstić information content (AvgIpc) is 2.82. The molecule has 2 bridgehead atoms. The lowest BCUT2D eigenvalue weighted by atomic mass is 9.91. The largest absolute Gasteiger partial charge is 0.299 e. The molecule has 2 aliphatic heterocycles. The van der Waals surface area contributed by atoms with Crippen molar-refractivity contribution < 1.29 is 13.2 Å². The Bertz CT molecular complexity index is 506. The average molecular weight is 399 g/mol. The number of fused-ring (bicyclic) bond motifs is 2. The van der Waals surface area contributed by atoms with Gasteiger partial charge in [0.2, 0.25) is 0 Å². The smallest absolute Gasteiger partial charge is 0.156 e. The van der Waals surface area contributed by atoms with Gasteiger partial charge in [-0.1, -0.05) is 84.0 Å². The number of Topliss-reactive ketones (excluding diaryl/α,β-unsaturated/α-hetero) is 1. The summed E-state index contributed by atoms with van der Waals surface area (Å²) in [6.45, 7) is 2.27. The lowest BCUT2D eigenvalue weighted by molar-refractivity contribution is -0.123. The molecule has 0 aromatic rings. The zero-order valence-corrected chi connectivity index (χ0v) is 18.4. The highest BCUT2D eigenvalue weighted by Gasteiger charge is 2.48. The maximum absolute atomic E-state index is 12.4. The molecule has 2 unspecified atom stereocenters. The Kier molecular flexibility index (Phi) is 10.4. The van der Waals surface area contributed by atoms with Crippen LogP contribution >= 0.6 is 0 Å². The summed E-state index contributed by atoms with van der Waals surface area (Å²) in [7, 11) is -2.90. The Morgan fingerprint density at radius 3 is 1.56 bits per heavy atom. The molecule has 2 atom stereocenters. The summed E-state index contributed by atoms with van der Waals surface area (Å²) in [5.41, 5.74) is 0. The van der Waals surface area contributed by atoms with Crippen molar-refractivity contribution in [2.45, 2.75) is 133 Å². The fourth-order valence-electron chi connectivity index (χ4n) is 4.99. The summed E-state index contributed by atoms with van der Waals surface area (Å²) in [5.74, 6) is 0.369. The van der Waals surface area contributed by atoms with E-state index in [9.17, 15) is 13.2 Å². The van der Waals surface area contributed by atoms with Crippen LogP contribution in [-0.2, 0) is 14.6 Å². The zero-order chi connectivity index (χ0) is 19.5. The number of carbonyl (C=O) groups is 1. The molecule has 0 aromatic carbocycles. The second kappa shape index (κ2) is 12.2. The minimum absolute atomic E-state index is 0.0309. The van der Waals surface area contributed by atoms with Crippen LogP contribution < -0.4 is 0 Å². The normalized spacial score (nSPS) is 26.3. The third kappa shape index (κ3) is 7.51. The van der Waals surface area contributed by atoms with Crippen LogP contribution in [-0.4, -0.2) is 24.7 Å². The quantitative estimate of drug-likeness (QED) is 0.300. The maximum atomic E-state index is 12.4. The van der Waals surface area contributed by atoms with Crippen LogP contribution in [0.1, 0.15) is 122 Å². The highest BCUT2D eigenvalue weighted by Crippen LogP contribution is 2.41. The van der Waals surface area contributed by atoms with Gasteiger partial charge in [0.1, 0.15) is 5.78 Å². The zero-order valence-electron chi connectivity index (χ0n) is 17.6. The van der Waals surface area contributed by atoms with Crippen LogP contribution in [0.25, 0.3) is 0 Å². The SMILES string of the molecule is CCCCCCCCCCCCCCCC(=O)C1CC2CCC(C1)S2(=O)=O. The first-order valence-electron chi connectivity index (χ1n) is 11.8. The van der Waals surface area contributed by atoms with E-state index in [1.807, 2.05) is 0 Å². The van der Waals surface area contributed by atoms with Crippen molar-refractivity contribution in [3.63, 3.8) is 0 Å². The first kappa shape index (κ1) is 22.9. The van der Waals surface area contributed by atoms with Gasteiger partial charge >= 0.3 is 0 Å². The molecule has 2 fully saturated rings. The fraction of sp³-hybridized carbons (Fsp3) is 0.957. The van der Waals surface area contributed by atoms with E-state index in [1.165, 1.54) is 70.6 Å². The third-order valence-electron chi connectivity index (χ3n) is 6.82. The summed E-state index contributed by atoms with van der Waals surface area (Å²) in [6, 6.07) is 0. The number of sulfone groups is 1. The molecule has 0 aliphatic carbocycles.